The second-order valence-electron chi connectivity index (χ2n) is 5.94. The lowest BCUT2D eigenvalue weighted by Crippen LogP contribution is -2.39. The van der Waals surface area contributed by atoms with Crippen LogP contribution in [0.5, 0.6) is 0 Å². The van der Waals surface area contributed by atoms with Crippen LogP contribution in [0.15, 0.2) is 42.5 Å². The summed E-state index contributed by atoms with van der Waals surface area (Å²) in [6.07, 6.45) is 0.341. The van der Waals surface area contributed by atoms with Gasteiger partial charge in [-0.05, 0) is 30.5 Å². The molecule has 4 nitrogen and oxygen atoms in total. The van der Waals surface area contributed by atoms with Crippen molar-refractivity contribution in [3.8, 4) is 0 Å². The number of nitrogens with one attached hydrogen (secondary N) is 1. The van der Waals surface area contributed by atoms with Crippen LogP contribution in [0.1, 0.15) is 23.1 Å². The van der Waals surface area contributed by atoms with E-state index < -0.39 is 12.0 Å². The molecule has 25 heavy (non-hydrogen) atoms. The van der Waals surface area contributed by atoms with Gasteiger partial charge in [-0.25, -0.2) is 0 Å². The molecule has 1 amide bonds. The molecular weight excluding hydrogens is 361 g/mol. The van der Waals surface area contributed by atoms with Crippen molar-refractivity contribution >= 4 is 35.1 Å². The number of amides is 1. The van der Waals surface area contributed by atoms with Gasteiger partial charge in [0.2, 0.25) is 5.91 Å². The highest BCUT2D eigenvalue weighted by Crippen LogP contribution is 2.25. The van der Waals surface area contributed by atoms with E-state index in [9.17, 15) is 9.59 Å². The molecule has 0 aliphatic rings. The third kappa shape index (κ3) is 6.07. The Labute approximate surface area is 156 Å². The number of benzene rings is 2. The molecule has 0 heterocycles. The number of carbonyl (C=O) groups is 2. The zero-order chi connectivity index (χ0) is 18.4. The molecule has 2 rings (SSSR count). The summed E-state index contributed by atoms with van der Waals surface area (Å²) in [7, 11) is 0. The monoisotopic (exact) mass is 379 g/mol. The Hall–Kier alpha value is -2.04. The largest absolute Gasteiger partial charge is 0.481 e. The van der Waals surface area contributed by atoms with E-state index in [-0.39, 0.29) is 18.7 Å². The van der Waals surface area contributed by atoms with E-state index in [1.54, 1.807) is 18.2 Å². The maximum absolute atomic E-state index is 12.3. The van der Waals surface area contributed by atoms with E-state index in [2.05, 4.69) is 5.32 Å². The molecule has 2 aromatic rings. The number of aliphatic carboxylic acids is 1. The van der Waals surface area contributed by atoms with Gasteiger partial charge in [0, 0.05) is 6.04 Å². The van der Waals surface area contributed by atoms with Crippen LogP contribution in [0.25, 0.3) is 0 Å². The molecule has 0 radical (unpaired) electrons. The molecule has 0 bridgehead atoms. The molecule has 6 heteroatoms. The molecular formula is C19H19Cl2NO3. The highest BCUT2D eigenvalue weighted by Gasteiger charge is 2.18. The molecule has 0 spiro atoms. The van der Waals surface area contributed by atoms with E-state index in [0.29, 0.717) is 22.0 Å². The fourth-order valence-corrected chi connectivity index (χ4v) is 2.92. The number of hydrogen-bond donors (Lipinski definition) is 2. The number of hydrogen-bond acceptors (Lipinski definition) is 2. The van der Waals surface area contributed by atoms with Crippen LogP contribution in [0.3, 0.4) is 0 Å². The SMILES string of the molecule is Cc1ccc(C[C@@H](CC(=O)O)NC(=O)Cc2cccc(Cl)c2Cl)cc1. The Morgan fingerprint density at radius 1 is 1.12 bits per heavy atom. The van der Waals surface area contributed by atoms with Gasteiger partial charge in [0.05, 0.1) is 22.9 Å². The molecule has 0 unspecified atom stereocenters. The first-order chi connectivity index (χ1) is 11.8. The van der Waals surface area contributed by atoms with Crippen LogP contribution in [0, 0.1) is 6.92 Å². The predicted molar refractivity (Wildman–Crippen MR) is 99.2 cm³/mol. The van der Waals surface area contributed by atoms with Crippen molar-refractivity contribution < 1.29 is 14.7 Å². The number of carbonyl (C=O) groups excluding carboxylic acids is 1. The van der Waals surface area contributed by atoms with Gasteiger partial charge >= 0.3 is 5.97 Å². The van der Waals surface area contributed by atoms with Crippen molar-refractivity contribution in [1.82, 2.24) is 5.32 Å². The summed E-state index contributed by atoms with van der Waals surface area (Å²) in [5.74, 6) is -1.25. The lowest BCUT2D eigenvalue weighted by Gasteiger charge is -2.17. The zero-order valence-corrected chi connectivity index (χ0v) is 15.3. The molecule has 2 N–H and O–H groups in total. The summed E-state index contributed by atoms with van der Waals surface area (Å²) < 4.78 is 0. The van der Waals surface area contributed by atoms with Gasteiger partial charge in [-0.1, -0.05) is 65.2 Å². The van der Waals surface area contributed by atoms with Gasteiger partial charge in [0.1, 0.15) is 0 Å². The minimum atomic E-state index is -0.960. The topological polar surface area (TPSA) is 66.4 Å². The lowest BCUT2D eigenvalue weighted by molar-refractivity contribution is -0.137. The summed E-state index contributed by atoms with van der Waals surface area (Å²) in [5, 5.41) is 12.6. The Kier molecular flexibility index (Phi) is 6.85. The van der Waals surface area contributed by atoms with Crippen molar-refractivity contribution in [3.63, 3.8) is 0 Å². The first-order valence-electron chi connectivity index (χ1n) is 7.84. The minimum absolute atomic E-state index is 0.0450. The van der Waals surface area contributed by atoms with E-state index in [1.807, 2.05) is 31.2 Å². The number of carboxylic acid groups (broad SMARTS) is 1. The van der Waals surface area contributed by atoms with Crippen LogP contribution in [0.2, 0.25) is 10.0 Å². The predicted octanol–water partition coefficient (Wildman–Crippen LogP) is 4.05. The van der Waals surface area contributed by atoms with Gasteiger partial charge in [-0.2, -0.15) is 0 Å². The summed E-state index contributed by atoms with van der Waals surface area (Å²) in [6, 6.07) is 12.4. The Morgan fingerprint density at radius 2 is 1.80 bits per heavy atom. The van der Waals surface area contributed by atoms with E-state index in [4.69, 9.17) is 28.3 Å². The van der Waals surface area contributed by atoms with Crippen molar-refractivity contribution in [2.45, 2.75) is 32.2 Å². The van der Waals surface area contributed by atoms with Gasteiger partial charge in [-0.3, -0.25) is 9.59 Å². The van der Waals surface area contributed by atoms with Crippen LogP contribution >= 0.6 is 23.2 Å². The molecule has 1 atom stereocenters. The highest BCUT2D eigenvalue weighted by atomic mass is 35.5. The fourth-order valence-electron chi connectivity index (χ4n) is 2.53. The summed E-state index contributed by atoms with van der Waals surface area (Å²) in [5.41, 5.74) is 2.70. The average molecular weight is 380 g/mol. The summed E-state index contributed by atoms with van der Waals surface area (Å²) in [6.45, 7) is 1.98. The molecule has 0 saturated heterocycles. The van der Waals surface area contributed by atoms with Crippen molar-refractivity contribution in [1.29, 1.82) is 0 Å². The second-order valence-corrected chi connectivity index (χ2v) is 6.73. The first kappa shape index (κ1) is 19.3. The standard InChI is InChI=1S/C19H19Cl2NO3/c1-12-5-7-13(8-6-12)9-15(11-18(24)25)22-17(23)10-14-3-2-4-16(20)19(14)21/h2-8,15H,9-11H2,1H3,(H,22,23)(H,24,25)/t15-/m0/s1. The van der Waals surface area contributed by atoms with Gasteiger partial charge < -0.3 is 10.4 Å². The smallest absolute Gasteiger partial charge is 0.305 e. The van der Waals surface area contributed by atoms with Crippen molar-refractivity contribution in [2.24, 2.45) is 0 Å². The molecule has 0 saturated carbocycles. The van der Waals surface area contributed by atoms with E-state index in [1.165, 1.54) is 0 Å². The second kappa shape index (κ2) is 8.88. The van der Waals surface area contributed by atoms with Gasteiger partial charge in [0.15, 0.2) is 0 Å². The van der Waals surface area contributed by atoms with Crippen LogP contribution < -0.4 is 5.32 Å². The fraction of sp³-hybridized carbons (Fsp3) is 0.263. The Morgan fingerprint density at radius 3 is 2.44 bits per heavy atom. The minimum Gasteiger partial charge on any atom is -0.481 e. The summed E-state index contributed by atoms with van der Waals surface area (Å²) >= 11 is 12.0. The third-order valence-electron chi connectivity index (χ3n) is 3.77. The molecule has 2 aromatic carbocycles. The van der Waals surface area contributed by atoms with Crippen LogP contribution in [-0.2, 0) is 22.4 Å². The first-order valence-corrected chi connectivity index (χ1v) is 8.60. The lowest BCUT2D eigenvalue weighted by atomic mass is 10.0. The number of aryl methyl sites for hydroxylation is 1. The van der Waals surface area contributed by atoms with Crippen molar-refractivity contribution in [2.75, 3.05) is 0 Å². The normalized spacial score (nSPS) is 11.8. The van der Waals surface area contributed by atoms with Gasteiger partial charge in [0.25, 0.3) is 0 Å². The molecule has 0 aliphatic heterocycles. The third-order valence-corrected chi connectivity index (χ3v) is 4.63. The number of carboxylic acids is 1. The quantitative estimate of drug-likeness (QED) is 0.762. The maximum Gasteiger partial charge on any atom is 0.305 e. The number of halogens is 2. The molecule has 0 fully saturated rings. The average Bonchev–Trinajstić information content (AvgIpc) is 2.53. The summed E-state index contributed by atoms with van der Waals surface area (Å²) in [4.78, 5) is 23.4. The molecule has 132 valence electrons. The molecule has 0 aliphatic carbocycles. The highest BCUT2D eigenvalue weighted by molar-refractivity contribution is 6.42. The van der Waals surface area contributed by atoms with Crippen molar-refractivity contribution in [3.05, 3.63) is 69.2 Å². The van der Waals surface area contributed by atoms with E-state index >= 15 is 0 Å². The van der Waals surface area contributed by atoms with E-state index in [0.717, 1.165) is 11.1 Å². The van der Waals surface area contributed by atoms with Crippen LogP contribution in [0.4, 0.5) is 0 Å². The molecule has 0 aromatic heterocycles. The maximum atomic E-state index is 12.3. The van der Waals surface area contributed by atoms with Crippen LogP contribution in [-0.4, -0.2) is 23.0 Å². The zero-order valence-electron chi connectivity index (χ0n) is 13.8. The van der Waals surface area contributed by atoms with Gasteiger partial charge in [-0.15, -0.1) is 0 Å². The Balaban J connectivity index is 2.05. The Bertz CT molecular complexity index is 760. The number of rotatable bonds is 7.